The van der Waals surface area contributed by atoms with Crippen LogP contribution >= 0.6 is 0 Å². The third kappa shape index (κ3) is 1.89. The number of fused-ring (bicyclic) bond motifs is 1. The van der Waals surface area contributed by atoms with Crippen molar-refractivity contribution in [1.82, 2.24) is 9.80 Å². The van der Waals surface area contributed by atoms with Gasteiger partial charge in [0.2, 0.25) is 0 Å². The van der Waals surface area contributed by atoms with E-state index in [1.165, 1.54) is 45.4 Å². The van der Waals surface area contributed by atoms with Gasteiger partial charge in [-0.15, -0.1) is 0 Å². The van der Waals surface area contributed by atoms with Gasteiger partial charge in [-0.05, 0) is 32.7 Å². The molecule has 2 unspecified atom stereocenters. The lowest BCUT2D eigenvalue weighted by molar-refractivity contribution is 0.0759. The van der Waals surface area contributed by atoms with Gasteiger partial charge < -0.3 is 0 Å². The molecule has 2 saturated heterocycles. The predicted molar refractivity (Wildman–Crippen MR) is 58.0 cm³/mol. The molecule has 2 heteroatoms. The number of hydrogen-bond acceptors (Lipinski definition) is 2. The molecule has 0 aromatic heterocycles. The summed E-state index contributed by atoms with van der Waals surface area (Å²) in [6.45, 7) is 9.96. The molecule has 13 heavy (non-hydrogen) atoms. The SMILES string of the molecule is CCC(C)N1CCN2CCCC2C1.[HH]. The molecule has 2 atom stereocenters. The summed E-state index contributed by atoms with van der Waals surface area (Å²) in [6.07, 6.45) is 4.17. The van der Waals surface area contributed by atoms with Crippen molar-refractivity contribution in [2.45, 2.75) is 45.2 Å². The minimum absolute atomic E-state index is 0. The van der Waals surface area contributed by atoms with E-state index in [9.17, 15) is 0 Å². The summed E-state index contributed by atoms with van der Waals surface area (Å²) in [6, 6.07) is 1.69. The molecule has 78 valence electrons. The van der Waals surface area contributed by atoms with E-state index in [4.69, 9.17) is 0 Å². The van der Waals surface area contributed by atoms with Gasteiger partial charge in [0.1, 0.15) is 0 Å². The van der Waals surface area contributed by atoms with Gasteiger partial charge >= 0.3 is 0 Å². The van der Waals surface area contributed by atoms with Crippen LogP contribution in [0.1, 0.15) is 34.5 Å². The van der Waals surface area contributed by atoms with E-state index >= 15 is 0 Å². The summed E-state index contributed by atoms with van der Waals surface area (Å²) < 4.78 is 0. The predicted octanol–water partition coefficient (Wildman–Crippen LogP) is 1.81. The van der Waals surface area contributed by atoms with Gasteiger partial charge in [-0.2, -0.15) is 0 Å². The highest BCUT2D eigenvalue weighted by Crippen LogP contribution is 2.22. The van der Waals surface area contributed by atoms with Crippen LogP contribution in [0.3, 0.4) is 0 Å². The van der Waals surface area contributed by atoms with Crippen LogP contribution in [0.2, 0.25) is 0 Å². The molecule has 0 spiro atoms. The van der Waals surface area contributed by atoms with Crippen molar-refractivity contribution >= 4 is 0 Å². The van der Waals surface area contributed by atoms with Gasteiger partial charge in [0.15, 0.2) is 0 Å². The number of nitrogens with zero attached hydrogens (tertiary/aromatic N) is 2. The third-order valence-corrected chi connectivity index (χ3v) is 3.83. The monoisotopic (exact) mass is 184 g/mol. The Morgan fingerprint density at radius 3 is 3.00 bits per heavy atom. The summed E-state index contributed by atoms with van der Waals surface area (Å²) in [5.41, 5.74) is 0. The van der Waals surface area contributed by atoms with Gasteiger partial charge in [-0.3, -0.25) is 9.80 Å². The van der Waals surface area contributed by atoms with E-state index in [-0.39, 0.29) is 1.43 Å². The quantitative estimate of drug-likeness (QED) is 0.646. The van der Waals surface area contributed by atoms with Crippen molar-refractivity contribution in [2.24, 2.45) is 0 Å². The topological polar surface area (TPSA) is 6.48 Å². The maximum Gasteiger partial charge on any atom is 0.0224 e. The summed E-state index contributed by atoms with van der Waals surface area (Å²) in [7, 11) is 0. The van der Waals surface area contributed by atoms with E-state index in [1.54, 1.807) is 0 Å². The first-order valence-corrected chi connectivity index (χ1v) is 5.79. The number of hydrogen-bond donors (Lipinski definition) is 0. The Hall–Kier alpha value is -0.0800. The fourth-order valence-electron chi connectivity index (χ4n) is 2.67. The van der Waals surface area contributed by atoms with Crippen LogP contribution < -0.4 is 0 Å². The Morgan fingerprint density at radius 2 is 2.23 bits per heavy atom. The maximum atomic E-state index is 2.68. The molecule has 2 heterocycles. The molecule has 0 radical (unpaired) electrons. The average Bonchev–Trinajstić information content (AvgIpc) is 2.63. The Balaban J connectivity index is 0.000000980. The Labute approximate surface area is 83.4 Å². The smallest absolute Gasteiger partial charge is 0.0224 e. The number of piperazine rings is 1. The molecule has 0 amide bonds. The molecule has 2 aliphatic heterocycles. The van der Waals surface area contributed by atoms with E-state index in [0.29, 0.717) is 0 Å². The largest absolute Gasteiger partial charge is 0.298 e. The van der Waals surface area contributed by atoms with Gasteiger partial charge in [0.05, 0.1) is 0 Å². The van der Waals surface area contributed by atoms with Crippen LogP contribution in [-0.4, -0.2) is 48.1 Å². The summed E-state index contributed by atoms with van der Waals surface area (Å²) in [5, 5.41) is 0. The van der Waals surface area contributed by atoms with Crippen LogP contribution in [0, 0.1) is 0 Å². The Morgan fingerprint density at radius 1 is 1.38 bits per heavy atom. The van der Waals surface area contributed by atoms with Crippen molar-refractivity contribution < 1.29 is 1.43 Å². The molecule has 2 nitrogen and oxygen atoms in total. The van der Waals surface area contributed by atoms with Crippen molar-refractivity contribution in [2.75, 3.05) is 26.2 Å². The average molecular weight is 184 g/mol. The van der Waals surface area contributed by atoms with Crippen LogP contribution in [0.4, 0.5) is 0 Å². The van der Waals surface area contributed by atoms with E-state index in [2.05, 4.69) is 23.6 Å². The molecule has 0 N–H and O–H groups in total. The summed E-state index contributed by atoms with van der Waals surface area (Å²) >= 11 is 0. The van der Waals surface area contributed by atoms with Gasteiger partial charge in [0.25, 0.3) is 0 Å². The Kier molecular flexibility index (Phi) is 2.89. The molecule has 0 aromatic carbocycles. The van der Waals surface area contributed by atoms with Crippen LogP contribution in [-0.2, 0) is 0 Å². The second kappa shape index (κ2) is 3.97. The highest BCUT2D eigenvalue weighted by Gasteiger charge is 2.31. The van der Waals surface area contributed by atoms with Crippen LogP contribution in [0.5, 0.6) is 0 Å². The van der Waals surface area contributed by atoms with Crippen molar-refractivity contribution in [1.29, 1.82) is 0 Å². The van der Waals surface area contributed by atoms with E-state index in [0.717, 1.165) is 12.1 Å². The highest BCUT2D eigenvalue weighted by atomic mass is 15.3. The normalized spacial score (nSPS) is 33.2. The van der Waals surface area contributed by atoms with Gasteiger partial charge in [0, 0.05) is 33.1 Å². The fourth-order valence-corrected chi connectivity index (χ4v) is 2.67. The standard InChI is InChI=1S/C11H22N2.H2/c1-3-10(2)13-8-7-12-6-4-5-11(12)9-13;/h10-11H,3-9H2,1-2H3;1H. The third-order valence-electron chi connectivity index (χ3n) is 3.83. The molecule has 2 aliphatic rings. The molecular formula is C11H24N2. The Bertz CT molecular complexity index is 175. The minimum atomic E-state index is 0. The zero-order valence-electron chi connectivity index (χ0n) is 9.00. The highest BCUT2D eigenvalue weighted by molar-refractivity contribution is 4.88. The minimum Gasteiger partial charge on any atom is -0.298 e. The fraction of sp³-hybridized carbons (Fsp3) is 1.00. The van der Waals surface area contributed by atoms with Crippen molar-refractivity contribution in [3.8, 4) is 0 Å². The molecule has 0 saturated carbocycles. The van der Waals surface area contributed by atoms with Gasteiger partial charge in [-0.25, -0.2) is 0 Å². The number of rotatable bonds is 2. The zero-order valence-corrected chi connectivity index (χ0v) is 9.00. The zero-order chi connectivity index (χ0) is 9.26. The molecular weight excluding hydrogens is 160 g/mol. The first kappa shape index (κ1) is 9.47. The first-order chi connectivity index (χ1) is 6.31. The maximum absolute atomic E-state index is 2.68. The molecule has 2 fully saturated rings. The lowest BCUT2D eigenvalue weighted by Crippen LogP contribution is -2.52. The summed E-state index contributed by atoms with van der Waals surface area (Å²) in [4.78, 5) is 5.35. The van der Waals surface area contributed by atoms with Crippen molar-refractivity contribution in [3.63, 3.8) is 0 Å². The first-order valence-electron chi connectivity index (χ1n) is 5.79. The second-order valence-corrected chi connectivity index (χ2v) is 4.58. The lowest BCUT2D eigenvalue weighted by atomic mass is 10.1. The van der Waals surface area contributed by atoms with Crippen LogP contribution in [0.25, 0.3) is 0 Å². The lowest BCUT2D eigenvalue weighted by Gasteiger charge is -2.40. The van der Waals surface area contributed by atoms with Crippen LogP contribution in [0.15, 0.2) is 0 Å². The van der Waals surface area contributed by atoms with Crippen molar-refractivity contribution in [3.05, 3.63) is 0 Å². The molecule has 0 aromatic rings. The van der Waals surface area contributed by atoms with Gasteiger partial charge in [-0.1, -0.05) is 6.92 Å². The molecule has 0 bridgehead atoms. The molecule has 2 rings (SSSR count). The summed E-state index contributed by atoms with van der Waals surface area (Å²) in [5.74, 6) is 0. The van der Waals surface area contributed by atoms with E-state index < -0.39 is 0 Å². The van der Waals surface area contributed by atoms with E-state index in [1.807, 2.05) is 0 Å². The second-order valence-electron chi connectivity index (χ2n) is 4.58. The molecule has 0 aliphatic carbocycles.